The lowest BCUT2D eigenvalue weighted by Gasteiger charge is -2.24. The number of halogens is 1. The Labute approximate surface area is 157 Å². The molecule has 4 N–H and O–H groups in total. The molecule has 0 saturated heterocycles. The number of rotatable bonds is 4. The van der Waals surface area contributed by atoms with Gasteiger partial charge in [0.1, 0.15) is 11.4 Å². The Balaban J connectivity index is 0.00000117. The van der Waals surface area contributed by atoms with Crippen LogP contribution < -0.4 is 16.6 Å². The van der Waals surface area contributed by atoms with E-state index in [2.05, 4.69) is 21.9 Å². The van der Waals surface area contributed by atoms with Crippen molar-refractivity contribution in [2.75, 3.05) is 5.32 Å². The summed E-state index contributed by atoms with van der Waals surface area (Å²) in [6, 6.07) is 9.23. The lowest BCUT2D eigenvalue weighted by Crippen LogP contribution is -2.29. The van der Waals surface area contributed by atoms with Crippen LogP contribution in [0, 0.1) is 11.8 Å². The number of hydrogen-bond acceptors (Lipinski definition) is 4. The van der Waals surface area contributed by atoms with E-state index in [9.17, 15) is 4.79 Å². The molecule has 1 aliphatic rings. The largest absolute Gasteiger partial charge is 0.383 e. The fourth-order valence-electron chi connectivity index (χ4n) is 3.03. The molecule has 0 atom stereocenters. The molecular formula is C19H22ClN5O. The van der Waals surface area contributed by atoms with Crippen molar-refractivity contribution < 1.29 is 0 Å². The minimum Gasteiger partial charge on any atom is -0.383 e. The number of anilines is 1. The van der Waals surface area contributed by atoms with Crippen molar-refractivity contribution >= 4 is 28.8 Å². The lowest BCUT2D eigenvalue weighted by molar-refractivity contribution is 0.462. The minimum atomic E-state index is -0.244. The Bertz CT molecular complexity index is 820. The Kier molecular flexibility index (Phi) is 7.24. The number of H-pyrrole nitrogens is 1. The molecule has 3 rings (SSSR count). The van der Waals surface area contributed by atoms with Gasteiger partial charge in [-0.05, 0) is 43.2 Å². The normalized spacial score (nSPS) is 15.0. The molecular weight excluding hydrogens is 350 g/mol. The molecule has 26 heavy (non-hydrogen) atoms. The summed E-state index contributed by atoms with van der Waals surface area (Å²) in [4.78, 5) is 19.3. The summed E-state index contributed by atoms with van der Waals surface area (Å²) in [5.41, 5.74) is 7.66. The fourth-order valence-corrected chi connectivity index (χ4v) is 3.16. The second kappa shape index (κ2) is 9.64. The molecule has 0 bridgehead atoms. The van der Waals surface area contributed by atoms with Crippen LogP contribution in [0.15, 0.2) is 46.3 Å². The first-order chi connectivity index (χ1) is 12.6. The molecule has 1 heterocycles. The number of nitrogens with zero attached hydrogens (tertiary/aromatic N) is 2. The van der Waals surface area contributed by atoms with Crippen LogP contribution >= 0.6 is 11.6 Å². The van der Waals surface area contributed by atoms with Crippen molar-refractivity contribution in [2.45, 2.75) is 38.1 Å². The van der Waals surface area contributed by atoms with E-state index < -0.39 is 0 Å². The number of aliphatic imine (C=N–C) groups is 1. The number of aromatic amines is 1. The molecule has 0 unspecified atom stereocenters. The molecule has 6 nitrogen and oxygen atoms in total. The van der Waals surface area contributed by atoms with Crippen LogP contribution in [0.4, 0.5) is 11.4 Å². The number of nitrogens with two attached hydrogens (primary N) is 1. The summed E-state index contributed by atoms with van der Waals surface area (Å²) < 4.78 is 0. The summed E-state index contributed by atoms with van der Waals surface area (Å²) in [5.74, 6) is 0.192. The summed E-state index contributed by atoms with van der Waals surface area (Å²) in [6.45, 7) is 3.50. The second-order valence-corrected chi connectivity index (χ2v) is 6.48. The molecule has 1 fully saturated rings. The predicted molar refractivity (Wildman–Crippen MR) is 106 cm³/mol. The zero-order chi connectivity index (χ0) is 18.9. The number of pyridine rings is 1. The lowest BCUT2D eigenvalue weighted by atomic mass is 9.95. The average molecular weight is 372 g/mol. The van der Waals surface area contributed by atoms with E-state index in [0.29, 0.717) is 22.3 Å². The molecule has 0 radical (unpaired) electrons. The average Bonchev–Trinajstić information content (AvgIpc) is 2.66. The third kappa shape index (κ3) is 5.11. The third-order valence-corrected chi connectivity index (χ3v) is 4.51. The number of nitriles is 1. The number of hydrogen-bond donors (Lipinski definition) is 3. The van der Waals surface area contributed by atoms with E-state index in [1.54, 1.807) is 30.5 Å². The topological polar surface area (TPSA) is 107 Å². The van der Waals surface area contributed by atoms with Gasteiger partial charge in [0.25, 0.3) is 5.56 Å². The summed E-state index contributed by atoms with van der Waals surface area (Å²) in [6.07, 6.45) is 7.56. The van der Waals surface area contributed by atoms with Gasteiger partial charge in [0.05, 0.1) is 11.4 Å². The molecule has 1 aromatic carbocycles. The first kappa shape index (κ1) is 19.5. The molecule has 0 amide bonds. The van der Waals surface area contributed by atoms with E-state index in [4.69, 9.17) is 22.6 Å². The second-order valence-electron chi connectivity index (χ2n) is 6.05. The van der Waals surface area contributed by atoms with Gasteiger partial charge in [-0.1, -0.05) is 30.9 Å². The molecule has 1 aliphatic carbocycles. The quantitative estimate of drug-likeness (QED) is 0.558. The minimum absolute atomic E-state index is 0.192. The zero-order valence-corrected chi connectivity index (χ0v) is 15.2. The molecule has 136 valence electrons. The van der Waals surface area contributed by atoms with Gasteiger partial charge in [-0.2, -0.15) is 0 Å². The van der Waals surface area contributed by atoms with Crippen LogP contribution in [0.5, 0.6) is 0 Å². The zero-order valence-electron chi connectivity index (χ0n) is 14.4. The van der Waals surface area contributed by atoms with Crippen LogP contribution in [0.3, 0.4) is 0 Å². The maximum Gasteiger partial charge on any atom is 0.261 e. The van der Waals surface area contributed by atoms with Crippen molar-refractivity contribution in [1.82, 2.24) is 4.98 Å². The standard InChI is InChI=1S/C18H21ClN4O.CHN/c19-12-6-8-14(9-7-12)23-17(20)16-15(10-11-21-18(16)24)22-13-4-2-1-3-5-13;1-2/h6-11,13H,1-5H2,(H2,20,23)(H2,21,22,24);1H. The highest BCUT2D eigenvalue weighted by Gasteiger charge is 2.17. The summed E-state index contributed by atoms with van der Waals surface area (Å²) >= 11 is 5.88. The molecule has 2 aromatic rings. The van der Waals surface area contributed by atoms with Crippen LogP contribution in [-0.2, 0) is 0 Å². The van der Waals surface area contributed by atoms with Crippen molar-refractivity contribution in [2.24, 2.45) is 10.7 Å². The Hall–Kier alpha value is -2.78. The van der Waals surface area contributed by atoms with E-state index in [1.807, 2.05) is 6.07 Å². The Morgan fingerprint density at radius 1 is 1.19 bits per heavy atom. The summed E-state index contributed by atoms with van der Waals surface area (Å²) in [7, 11) is 0. The molecule has 7 heteroatoms. The number of nitrogens with one attached hydrogen (secondary N) is 2. The van der Waals surface area contributed by atoms with Gasteiger partial charge in [0.15, 0.2) is 0 Å². The van der Waals surface area contributed by atoms with Gasteiger partial charge < -0.3 is 16.0 Å². The van der Waals surface area contributed by atoms with Crippen LogP contribution in [0.1, 0.15) is 37.7 Å². The highest BCUT2D eigenvalue weighted by molar-refractivity contribution is 6.30. The van der Waals surface area contributed by atoms with Gasteiger partial charge >= 0.3 is 0 Å². The monoisotopic (exact) mass is 371 g/mol. The van der Waals surface area contributed by atoms with E-state index in [-0.39, 0.29) is 11.4 Å². The van der Waals surface area contributed by atoms with Gasteiger partial charge in [-0.15, -0.1) is 0 Å². The maximum absolute atomic E-state index is 12.3. The van der Waals surface area contributed by atoms with Gasteiger partial charge in [0, 0.05) is 23.8 Å². The number of aromatic nitrogens is 1. The van der Waals surface area contributed by atoms with Crippen molar-refractivity contribution in [3.63, 3.8) is 0 Å². The smallest absolute Gasteiger partial charge is 0.261 e. The SMILES string of the molecule is C#N.NC(=Nc1ccc(Cl)cc1)c1c(NC2CCCCC2)cc[nH]c1=O. The Morgan fingerprint density at radius 2 is 1.85 bits per heavy atom. The van der Waals surface area contributed by atoms with E-state index in [1.165, 1.54) is 19.3 Å². The van der Waals surface area contributed by atoms with Gasteiger partial charge in [-0.25, -0.2) is 10.3 Å². The first-order valence-electron chi connectivity index (χ1n) is 8.47. The van der Waals surface area contributed by atoms with Crippen LogP contribution in [0.25, 0.3) is 0 Å². The van der Waals surface area contributed by atoms with E-state index in [0.717, 1.165) is 18.5 Å². The van der Waals surface area contributed by atoms with Crippen molar-refractivity contribution in [3.8, 4) is 6.57 Å². The van der Waals surface area contributed by atoms with Crippen molar-refractivity contribution in [3.05, 3.63) is 57.5 Å². The molecule has 0 aliphatic heterocycles. The Morgan fingerprint density at radius 3 is 2.50 bits per heavy atom. The van der Waals surface area contributed by atoms with Crippen LogP contribution in [0.2, 0.25) is 5.02 Å². The predicted octanol–water partition coefficient (Wildman–Crippen LogP) is 3.95. The van der Waals surface area contributed by atoms with Gasteiger partial charge in [-0.3, -0.25) is 4.79 Å². The molecule has 1 aromatic heterocycles. The highest BCUT2D eigenvalue weighted by Crippen LogP contribution is 2.23. The number of amidine groups is 1. The van der Waals surface area contributed by atoms with Crippen LogP contribution in [-0.4, -0.2) is 16.9 Å². The fraction of sp³-hybridized carbons (Fsp3) is 0.316. The maximum atomic E-state index is 12.3. The highest BCUT2D eigenvalue weighted by atomic mass is 35.5. The van der Waals surface area contributed by atoms with E-state index >= 15 is 0 Å². The molecule has 1 saturated carbocycles. The first-order valence-corrected chi connectivity index (χ1v) is 8.85. The molecule has 0 spiro atoms. The van der Waals surface area contributed by atoms with Gasteiger partial charge in [0.2, 0.25) is 0 Å². The van der Waals surface area contributed by atoms with Crippen molar-refractivity contribution in [1.29, 1.82) is 5.26 Å². The number of benzene rings is 1. The third-order valence-electron chi connectivity index (χ3n) is 4.26. The summed E-state index contributed by atoms with van der Waals surface area (Å²) in [5, 5.41) is 10.6.